The molecule has 9 heteroatoms. The third kappa shape index (κ3) is 3.11. The first-order chi connectivity index (χ1) is 9.42. The number of nitrogens with one attached hydrogen (secondary N) is 1. The Bertz CT molecular complexity index is 708. The third-order valence-electron chi connectivity index (χ3n) is 2.51. The average Bonchev–Trinajstić information content (AvgIpc) is 2.77. The lowest BCUT2D eigenvalue weighted by atomic mass is 10.1. The van der Waals surface area contributed by atoms with Gasteiger partial charge in [-0.1, -0.05) is 35.5 Å². The van der Waals surface area contributed by atoms with Crippen molar-refractivity contribution in [2.75, 3.05) is 6.54 Å². The van der Waals surface area contributed by atoms with Crippen molar-refractivity contribution >= 4 is 31.7 Å². The zero-order chi connectivity index (χ0) is 14.8. The second kappa shape index (κ2) is 5.81. The van der Waals surface area contributed by atoms with Crippen LogP contribution in [0.4, 0.5) is 0 Å². The molecule has 1 heterocycles. The number of halogens is 1. The summed E-state index contributed by atoms with van der Waals surface area (Å²) in [5, 5.41) is 7.05. The molecule has 7 nitrogen and oxygen atoms in total. The molecule has 1 aromatic carbocycles. The van der Waals surface area contributed by atoms with E-state index in [-0.39, 0.29) is 22.0 Å². The second-order valence-electron chi connectivity index (χ2n) is 3.92. The van der Waals surface area contributed by atoms with Gasteiger partial charge in [0.2, 0.25) is 5.03 Å². The Hall–Kier alpha value is -1.58. The predicted octanol–water partition coefficient (Wildman–Crippen LogP) is 0.739. The normalized spacial score (nSPS) is 11.5. The summed E-state index contributed by atoms with van der Waals surface area (Å²) in [5.74, 6) is -0.319. The SMILES string of the molecule is Cn1nnc(Br)c1S(=O)(=O)NCC(=O)c1ccccc1. The standard InChI is InChI=1S/C11H11BrN4O3S/c1-16-11(10(12)14-15-16)20(18,19)13-7-9(17)8-5-3-2-4-6-8/h2-6,13H,7H2,1H3. The van der Waals surface area contributed by atoms with E-state index in [1.54, 1.807) is 30.3 Å². The molecule has 0 aliphatic carbocycles. The molecule has 0 fully saturated rings. The minimum atomic E-state index is -3.86. The van der Waals surface area contributed by atoms with E-state index in [1.165, 1.54) is 7.05 Å². The van der Waals surface area contributed by atoms with Crippen LogP contribution in [-0.2, 0) is 17.1 Å². The summed E-state index contributed by atoms with van der Waals surface area (Å²) in [4.78, 5) is 11.9. The fraction of sp³-hybridized carbons (Fsp3) is 0.182. The van der Waals surface area contributed by atoms with Crippen LogP contribution in [0.2, 0.25) is 0 Å². The quantitative estimate of drug-likeness (QED) is 0.795. The molecule has 0 saturated carbocycles. The van der Waals surface area contributed by atoms with Gasteiger partial charge >= 0.3 is 0 Å². The van der Waals surface area contributed by atoms with E-state index in [0.717, 1.165) is 4.68 Å². The van der Waals surface area contributed by atoms with E-state index in [0.29, 0.717) is 5.56 Å². The van der Waals surface area contributed by atoms with Gasteiger partial charge in [0.15, 0.2) is 10.4 Å². The zero-order valence-electron chi connectivity index (χ0n) is 10.4. The largest absolute Gasteiger partial charge is 0.293 e. The van der Waals surface area contributed by atoms with Crippen LogP contribution in [0.1, 0.15) is 10.4 Å². The minimum Gasteiger partial charge on any atom is -0.293 e. The number of aryl methyl sites for hydroxylation is 1. The number of Topliss-reactive ketones (excluding diaryl/α,β-unsaturated/α-hetero) is 1. The lowest BCUT2D eigenvalue weighted by Crippen LogP contribution is -2.31. The lowest BCUT2D eigenvalue weighted by molar-refractivity contribution is 0.0997. The van der Waals surface area contributed by atoms with Gasteiger partial charge in [-0.15, -0.1) is 5.10 Å². The molecule has 0 atom stereocenters. The van der Waals surface area contributed by atoms with E-state index < -0.39 is 10.0 Å². The van der Waals surface area contributed by atoms with E-state index >= 15 is 0 Å². The number of aromatic nitrogens is 3. The monoisotopic (exact) mass is 358 g/mol. The summed E-state index contributed by atoms with van der Waals surface area (Å²) in [6, 6.07) is 8.45. The molecule has 0 aliphatic rings. The molecule has 0 saturated heterocycles. The number of ketones is 1. The van der Waals surface area contributed by atoms with Gasteiger partial charge in [-0.2, -0.15) is 0 Å². The fourth-order valence-electron chi connectivity index (χ4n) is 1.56. The number of benzene rings is 1. The molecule has 0 radical (unpaired) electrons. The predicted molar refractivity (Wildman–Crippen MR) is 74.7 cm³/mol. The molecule has 0 bridgehead atoms. The summed E-state index contributed by atoms with van der Waals surface area (Å²) >= 11 is 3.01. The van der Waals surface area contributed by atoms with E-state index in [4.69, 9.17) is 0 Å². The fourth-order valence-corrected chi connectivity index (χ4v) is 3.63. The molecular formula is C11H11BrN4O3S. The van der Waals surface area contributed by atoms with Gasteiger partial charge in [-0.3, -0.25) is 4.79 Å². The topological polar surface area (TPSA) is 93.9 Å². The van der Waals surface area contributed by atoms with Crippen LogP contribution in [0.5, 0.6) is 0 Å². The molecule has 0 aliphatic heterocycles. The van der Waals surface area contributed by atoms with Crippen LogP contribution < -0.4 is 4.72 Å². The van der Waals surface area contributed by atoms with E-state index in [1.807, 2.05) is 0 Å². The number of sulfonamides is 1. The highest BCUT2D eigenvalue weighted by atomic mass is 79.9. The van der Waals surface area contributed by atoms with Gasteiger partial charge in [0.25, 0.3) is 10.0 Å². The highest BCUT2D eigenvalue weighted by Crippen LogP contribution is 2.17. The summed E-state index contributed by atoms with van der Waals surface area (Å²) < 4.78 is 27.6. The van der Waals surface area contributed by atoms with E-state index in [9.17, 15) is 13.2 Å². The first-order valence-electron chi connectivity index (χ1n) is 5.55. The second-order valence-corrected chi connectivity index (χ2v) is 6.36. The summed E-state index contributed by atoms with van der Waals surface area (Å²) in [6.07, 6.45) is 0. The van der Waals surface area contributed by atoms with Gasteiger partial charge in [0.05, 0.1) is 6.54 Å². The van der Waals surface area contributed by atoms with E-state index in [2.05, 4.69) is 31.0 Å². The molecule has 1 N–H and O–H groups in total. The van der Waals surface area contributed by atoms with Crippen LogP contribution >= 0.6 is 15.9 Å². The Balaban J connectivity index is 2.13. The maximum absolute atomic E-state index is 12.1. The molecule has 0 spiro atoms. The highest BCUT2D eigenvalue weighted by molar-refractivity contribution is 9.10. The number of hydrogen-bond acceptors (Lipinski definition) is 5. The van der Waals surface area contributed by atoms with Gasteiger partial charge in [0, 0.05) is 12.6 Å². The smallest absolute Gasteiger partial charge is 0.260 e. The van der Waals surface area contributed by atoms with Gasteiger partial charge < -0.3 is 0 Å². The Morgan fingerprint density at radius 3 is 2.55 bits per heavy atom. The Labute approximate surface area is 124 Å². The number of nitrogens with zero attached hydrogens (tertiary/aromatic N) is 3. The Morgan fingerprint density at radius 1 is 1.35 bits per heavy atom. The van der Waals surface area contributed by atoms with Crippen LogP contribution in [-0.4, -0.2) is 35.7 Å². The van der Waals surface area contributed by atoms with Gasteiger partial charge in [0.1, 0.15) is 0 Å². The number of carbonyl (C=O) groups excluding carboxylic acids is 1. The van der Waals surface area contributed by atoms with Gasteiger partial charge in [-0.05, 0) is 15.9 Å². The Morgan fingerprint density at radius 2 is 2.00 bits per heavy atom. The lowest BCUT2D eigenvalue weighted by Gasteiger charge is -2.06. The Kier molecular flexibility index (Phi) is 4.31. The number of rotatable bonds is 5. The molecule has 0 unspecified atom stereocenters. The zero-order valence-corrected chi connectivity index (χ0v) is 12.8. The van der Waals surface area contributed by atoms with Crippen molar-refractivity contribution in [3.63, 3.8) is 0 Å². The van der Waals surface area contributed by atoms with Crippen molar-refractivity contribution in [2.24, 2.45) is 7.05 Å². The van der Waals surface area contributed by atoms with Crippen LogP contribution in [0.15, 0.2) is 40.0 Å². The molecular weight excluding hydrogens is 348 g/mol. The summed E-state index contributed by atoms with van der Waals surface area (Å²) in [5.41, 5.74) is 0.442. The van der Waals surface area contributed by atoms with Crippen LogP contribution in [0.3, 0.4) is 0 Å². The average molecular weight is 359 g/mol. The maximum Gasteiger partial charge on any atom is 0.260 e. The number of hydrogen-bond donors (Lipinski definition) is 1. The van der Waals surface area contributed by atoms with Crippen molar-refractivity contribution in [3.8, 4) is 0 Å². The highest BCUT2D eigenvalue weighted by Gasteiger charge is 2.24. The summed E-state index contributed by atoms with van der Waals surface area (Å²) in [6.45, 7) is -0.329. The van der Waals surface area contributed by atoms with Gasteiger partial charge in [-0.25, -0.2) is 17.8 Å². The molecule has 1 aromatic heterocycles. The number of carbonyl (C=O) groups is 1. The molecule has 2 rings (SSSR count). The van der Waals surface area contributed by atoms with Crippen LogP contribution in [0, 0.1) is 0 Å². The molecule has 2 aromatic rings. The van der Waals surface area contributed by atoms with Crippen molar-refractivity contribution in [1.82, 2.24) is 19.7 Å². The molecule has 106 valence electrons. The summed E-state index contributed by atoms with van der Waals surface area (Å²) in [7, 11) is -2.41. The first-order valence-corrected chi connectivity index (χ1v) is 7.82. The van der Waals surface area contributed by atoms with Crippen molar-refractivity contribution in [2.45, 2.75) is 5.03 Å². The molecule has 20 heavy (non-hydrogen) atoms. The third-order valence-corrected chi connectivity index (χ3v) is 4.80. The minimum absolute atomic E-state index is 0.0969. The van der Waals surface area contributed by atoms with Crippen LogP contribution in [0.25, 0.3) is 0 Å². The molecule has 0 amide bonds. The van der Waals surface area contributed by atoms with Crippen molar-refractivity contribution < 1.29 is 13.2 Å². The van der Waals surface area contributed by atoms with Crippen molar-refractivity contribution in [1.29, 1.82) is 0 Å². The first kappa shape index (κ1) is 14.8. The maximum atomic E-state index is 12.1. The van der Waals surface area contributed by atoms with Crippen molar-refractivity contribution in [3.05, 3.63) is 40.5 Å².